The lowest BCUT2D eigenvalue weighted by Gasteiger charge is -2.07. The molecular weight excluding hydrogens is 438 g/mol. The second-order valence-corrected chi connectivity index (χ2v) is 8.69. The Morgan fingerprint density at radius 2 is 1.60 bits per heavy atom. The maximum absolute atomic E-state index is 10.7. The number of carboxylic acid groups (broad SMARTS) is 1. The molecule has 0 aliphatic carbocycles. The first-order chi connectivity index (χ1) is 17.2. The van der Waals surface area contributed by atoms with E-state index in [1.54, 1.807) is 4.80 Å². The van der Waals surface area contributed by atoms with E-state index in [0.29, 0.717) is 31.6 Å². The van der Waals surface area contributed by atoms with Crippen LogP contribution in [0.3, 0.4) is 0 Å². The summed E-state index contributed by atoms with van der Waals surface area (Å²) in [5.41, 5.74) is 6.00. The predicted molar refractivity (Wildman–Crippen MR) is 135 cm³/mol. The predicted octanol–water partition coefficient (Wildman–Crippen LogP) is 5.19. The number of aryl methyl sites for hydroxylation is 1. The van der Waals surface area contributed by atoms with Gasteiger partial charge in [-0.25, -0.2) is 0 Å². The van der Waals surface area contributed by atoms with Crippen LogP contribution >= 0.6 is 0 Å². The van der Waals surface area contributed by atoms with E-state index < -0.39 is 5.97 Å². The summed E-state index contributed by atoms with van der Waals surface area (Å²) in [7, 11) is 0. The molecule has 2 aromatic heterocycles. The number of nitrogens with zero attached hydrogens (tertiary/aromatic N) is 5. The number of carboxylic acids is 1. The first kappa shape index (κ1) is 22.5. The zero-order valence-corrected chi connectivity index (χ0v) is 19.4. The van der Waals surface area contributed by atoms with Crippen molar-refractivity contribution in [3.63, 3.8) is 0 Å². The molecule has 0 aliphatic heterocycles. The van der Waals surface area contributed by atoms with Crippen LogP contribution in [0.15, 0.2) is 85.1 Å². The van der Waals surface area contributed by atoms with Crippen LogP contribution in [0.25, 0.3) is 22.0 Å². The van der Waals surface area contributed by atoms with E-state index >= 15 is 0 Å². The zero-order chi connectivity index (χ0) is 24.0. The van der Waals surface area contributed by atoms with E-state index in [-0.39, 0.29) is 6.42 Å². The Labute approximate surface area is 203 Å². The molecule has 5 rings (SSSR count). The van der Waals surface area contributed by atoms with Crippen molar-refractivity contribution in [1.29, 1.82) is 0 Å². The molecule has 7 heteroatoms. The summed E-state index contributed by atoms with van der Waals surface area (Å²) in [5.74, 6) is -0.112. The number of rotatable bonds is 10. The summed E-state index contributed by atoms with van der Waals surface area (Å²) in [5, 5.41) is 22.8. The van der Waals surface area contributed by atoms with Gasteiger partial charge in [0, 0.05) is 36.5 Å². The van der Waals surface area contributed by atoms with Gasteiger partial charge in [-0.1, -0.05) is 72.8 Å². The lowest BCUT2D eigenvalue weighted by atomic mass is 10.0. The van der Waals surface area contributed by atoms with E-state index in [0.717, 1.165) is 12.1 Å². The lowest BCUT2D eigenvalue weighted by Crippen LogP contribution is -2.04. The van der Waals surface area contributed by atoms with Gasteiger partial charge in [-0.15, -0.1) is 10.2 Å². The molecule has 0 saturated heterocycles. The molecule has 7 nitrogen and oxygen atoms in total. The molecular formula is C28H27N5O2. The van der Waals surface area contributed by atoms with Crippen molar-refractivity contribution in [1.82, 2.24) is 24.8 Å². The molecule has 2 heterocycles. The molecule has 5 aromatic rings. The van der Waals surface area contributed by atoms with Gasteiger partial charge in [0.1, 0.15) is 0 Å². The second kappa shape index (κ2) is 10.3. The minimum absolute atomic E-state index is 0.163. The van der Waals surface area contributed by atoms with Crippen LogP contribution in [0.4, 0.5) is 0 Å². The summed E-state index contributed by atoms with van der Waals surface area (Å²) >= 11 is 0. The van der Waals surface area contributed by atoms with Crippen LogP contribution in [0.1, 0.15) is 36.2 Å². The zero-order valence-electron chi connectivity index (χ0n) is 19.4. The smallest absolute Gasteiger partial charge is 0.303 e. The summed E-state index contributed by atoms with van der Waals surface area (Å²) < 4.78 is 2.28. The van der Waals surface area contributed by atoms with Crippen molar-refractivity contribution in [3.05, 3.63) is 102 Å². The van der Waals surface area contributed by atoms with Crippen LogP contribution < -0.4 is 0 Å². The molecule has 176 valence electrons. The van der Waals surface area contributed by atoms with Crippen LogP contribution in [0.5, 0.6) is 0 Å². The fourth-order valence-corrected chi connectivity index (χ4v) is 4.37. The van der Waals surface area contributed by atoms with Crippen molar-refractivity contribution in [2.45, 2.75) is 38.8 Å². The third kappa shape index (κ3) is 5.46. The van der Waals surface area contributed by atoms with Crippen molar-refractivity contribution in [3.8, 4) is 11.1 Å². The summed E-state index contributed by atoms with van der Waals surface area (Å²) in [4.78, 5) is 12.2. The number of benzene rings is 3. The number of aromatic nitrogens is 5. The van der Waals surface area contributed by atoms with E-state index in [1.807, 2.05) is 6.07 Å². The quantitative estimate of drug-likeness (QED) is 0.287. The molecule has 0 amide bonds. The van der Waals surface area contributed by atoms with Gasteiger partial charge in [0.25, 0.3) is 0 Å². The standard InChI is InChI=1S/C28H27N5O2/c34-28(35)12-6-7-17-33-30-27(29-31-33)18-24-20-32(26-11-5-4-10-25(24)26)19-21-13-15-23(16-14-21)22-8-2-1-3-9-22/h1-5,8-11,13-16,20H,6-7,12,17-19H2,(H,34,35). The number of carbonyl (C=O) groups is 1. The third-order valence-corrected chi connectivity index (χ3v) is 6.13. The maximum Gasteiger partial charge on any atom is 0.303 e. The fourth-order valence-electron chi connectivity index (χ4n) is 4.37. The Hall–Kier alpha value is -4.26. The minimum atomic E-state index is -0.777. The van der Waals surface area contributed by atoms with Gasteiger partial charge >= 0.3 is 5.97 Å². The molecule has 0 bridgehead atoms. The number of hydrogen-bond donors (Lipinski definition) is 1. The first-order valence-corrected chi connectivity index (χ1v) is 11.9. The SMILES string of the molecule is O=C(O)CCCCn1nnc(Cc2cn(Cc3ccc(-c4ccccc4)cc3)c3ccccc23)n1. The Balaban J connectivity index is 1.31. The fraction of sp³-hybridized carbons (Fsp3) is 0.214. The average Bonchev–Trinajstić information content (AvgIpc) is 3.47. The molecule has 35 heavy (non-hydrogen) atoms. The van der Waals surface area contributed by atoms with Gasteiger partial charge in [-0.2, -0.15) is 4.80 Å². The normalized spacial score (nSPS) is 11.2. The van der Waals surface area contributed by atoms with Crippen molar-refractivity contribution in [2.24, 2.45) is 0 Å². The number of para-hydroxylation sites is 1. The van der Waals surface area contributed by atoms with E-state index in [9.17, 15) is 4.79 Å². The molecule has 0 spiro atoms. The first-order valence-electron chi connectivity index (χ1n) is 11.9. The van der Waals surface area contributed by atoms with Crippen LogP contribution in [0.2, 0.25) is 0 Å². The van der Waals surface area contributed by atoms with Gasteiger partial charge in [0.05, 0.1) is 6.54 Å². The molecule has 0 saturated carbocycles. The third-order valence-electron chi connectivity index (χ3n) is 6.13. The Kier molecular flexibility index (Phi) is 6.66. The Morgan fingerprint density at radius 3 is 2.40 bits per heavy atom. The second-order valence-electron chi connectivity index (χ2n) is 8.69. The van der Waals surface area contributed by atoms with Crippen molar-refractivity contribution < 1.29 is 9.90 Å². The van der Waals surface area contributed by atoms with Gasteiger partial charge in [-0.05, 0) is 46.4 Å². The average molecular weight is 466 g/mol. The van der Waals surface area contributed by atoms with Crippen LogP contribution in [0, 0.1) is 0 Å². The number of hydrogen-bond acceptors (Lipinski definition) is 4. The summed E-state index contributed by atoms with van der Waals surface area (Å²) in [6, 6.07) is 27.5. The minimum Gasteiger partial charge on any atom is -0.481 e. The highest BCUT2D eigenvalue weighted by Gasteiger charge is 2.12. The molecule has 0 aliphatic rings. The molecule has 3 aromatic carbocycles. The van der Waals surface area contributed by atoms with Crippen molar-refractivity contribution in [2.75, 3.05) is 0 Å². The topological polar surface area (TPSA) is 85.8 Å². The number of fused-ring (bicyclic) bond motifs is 1. The van der Waals surface area contributed by atoms with Crippen LogP contribution in [-0.2, 0) is 24.3 Å². The molecule has 0 unspecified atom stereocenters. The van der Waals surface area contributed by atoms with E-state index in [4.69, 9.17) is 5.11 Å². The Bertz CT molecular complexity index is 1420. The molecule has 0 atom stereocenters. The largest absolute Gasteiger partial charge is 0.481 e. The van der Waals surface area contributed by atoms with Crippen LogP contribution in [-0.4, -0.2) is 35.9 Å². The van der Waals surface area contributed by atoms with E-state index in [2.05, 4.69) is 99.0 Å². The van der Waals surface area contributed by atoms with Gasteiger partial charge in [0.2, 0.25) is 0 Å². The number of unbranched alkanes of at least 4 members (excludes halogenated alkanes) is 1. The van der Waals surface area contributed by atoms with Crippen molar-refractivity contribution >= 4 is 16.9 Å². The highest BCUT2D eigenvalue weighted by molar-refractivity contribution is 5.84. The maximum atomic E-state index is 10.7. The summed E-state index contributed by atoms with van der Waals surface area (Å²) in [6.45, 7) is 1.35. The highest BCUT2D eigenvalue weighted by Crippen LogP contribution is 2.25. The summed E-state index contributed by atoms with van der Waals surface area (Å²) in [6.07, 6.45) is 4.26. The molecule has 0 radical (unpaired) electrons. The van der Waals surface area contributed by atoms with Gasteiger partial charge < -0.3 is 9.67 Å². The monoisotopic (exact) mass is 465 g/mol. The number of aliphatic carboxylic acids is 1. The van der Waals surface area contributed by atoms with E-state index in [1.165, 1.54) is 27.6 Å². The molecule has 0 fully saturated rings. The lowest BCUT2D eigenvalue weighted by molar-refractivity contribution is -0.137. The Morgan fingerprint density at radius 1 is 0.857 bits per heavy atom. The number of tetrazole rings is 1. The molecule has 1 N–H and O–H groups in total. The highest BCUT2D eigenvalue weighted by atomic mass is 16.4. The van der Waals surface area contributed by atoms with Gasteiger partial charge in [0.15, 0.2) is 5.82 Å². The van der Waals surface area contributed by atoms with Gasteiger partial charge in [-0.3, -0.25) is 4.79 Å².